The van der Waals surface area contributed by atoms with E-state index in [1.807, 2.05) is 33.0 Å². The average Bonchev–Trinajstić information content (AvgIpc) is 2.69. The Morgan fingerprint density at radius 1 is 1.10 bits per heavy atom. The number of ether oxygens (including phenoxy) is 2. The molecule has 4 heteroatoms. The van der Waals surface area contributed by atoms with Crippen molar-refractivity contribution in [3.8, 4) is 11.5 Å². The minimum Gasteiger partial charge on any atom is -0.492 e. The summed E-state index contributed by atoms with van der Waals surface area (Å²) in [5, 5.41) is 0. The van der Waals surface area contributed by atoms with Crippen LogP contribution in [0.25, 0.3) is 11.0 Å². The third kappa shape index (κ3) is 3.31. The van der Waals surface area contributed by atoms with Crippen LogP contribution in [0.4, 0.5) is 0 Å². The highest BCUT2D eigenvalue weighted by atomic mass is 16.5. The van der Waals surface area contributed by atoms with Gasteiger partial charge in [0.25, 0.3) is 0 Å². The van der Waals surface area contributed by atoms with Crippen LogP contribution in [0.15, 0.2) is 12.1 Å². The first-order valence-corrected chi connectivity index (χ1v) is 7.48. The Morgan fingerprint density at radius 3 is 2.24 bits per heavy atom. The molecule has 0 saturated carbocycles. The van der Waals surface area contributed by atoms with E-state index in [0.29, 0.717) is 13.2 Å². The molecule has 0 atom stereocenters. The van der Waals surface area contributed by atoms with Gasteiger partial charge in [0.05, 0.1) is 13.2 Å². The van der Waals surface area contributed by atoms with Crippen LogP contribution in [0.3, 0.4) is 0 Å². The van der Waals surface area contributed by atoms with Gasteiger partial charge in [-0.15, -0.1) is 0 Å². The second-order valence-electron chi connectivity index (χ2n) is 6.16. The molecular weight excluding hydrogens is 264 g/mol. The molecule has 2 rings (SSSR count). The molecule has 0 fully saturated rings. The van der Waals surface area contributed by atoms with Gasteiger partial charge in [0.2, 0.25) is 0 Å². The Balaban J connectivity index is 2.61. The molecule has 21 heavy (non-hydrogen) atoms. The number of rotatable bonds is 5. The Morgan fingerprint density at radius 2 is 1.67 bits per heavy atom. The third-order valence-corrected chi connectivity index (χ3v) is 3.14. The van der Waals surface area contributed by atoms with E-state index in [0.717, 1.165) is 28.4 Å². The Bertz CT molecular complexity index is 624. The van der Waals surface area contributed by atoms with E-state index in [9.17, 15) is 0 Å². The molecule has 1 aromatic carbocycles. The summed E-state index contributed by atoms with van der Waals surface area (Å²) in [6, 6.07) is 3.89. The minimum atomic E-state index is 0.0622. The van der Waals surface area contributed by atoms with Gasteiger partial charge in [-0.3, -0.25) is 0 Å². The lowest BCUT2D eigenvalue weighted by Gasteiger charge is -2.17. The zero-order valence-corrected chi connectivity index (χ0v) is 13.9. The second-order valence-corrected chi connectivity index (χ2v) is 6.16. The number of imidazole rings is 1. The second kappa shape index (κ2) is 5.96. The van der Waals surface area contributed by atoms with Crippen molar-refractivity contribution in [1.29, 1.82) is 0 Å². The molecule has 0 saturated heterocycles. The summed E-state index contributed by atoms with van der Waals surface area (Å²) >= 11 is 0. The van der Waals surface area contributed by atoms with Crippen molar-refractivity contribution in [3.05, 3.63) is 24.4 Å². The fourth-order valence-corrected chi connectivity index (χ4v) is 2.34. The first kappa shape index (κ1) is 15.7. The molecule has 0 unspecified atom stereocenters. The molecule has 0 bridgehead atoms. The van der Waals surface area contributed by atoms with E-state index in [1.54, 1.807) is 0 Å². The standard InChI is InChI=1S/C17H25N2O2/c1-7-20-12-9-10-13(21-8-2)16-15(12)18-14(19(16)6)11-17(3,4)5/h9-11H,7-8H2,1-6H3. The number of hydrogen-bond acceptors (Lipinski definition) is 3. The monoisotopic (exact) mass is 289 g/mol. The molecule has 0 aliphatic rings. The van der Waals surface area contributed by atoms with Gasteiger partial charge in [0.1, 0.15) is 28.4 Å². The van der Waals surface area contributed by atoms with Gasteiger partial charge in [-0.25, -0.2) is 4.98 Å². The zero-order valence-electron chi connectivity index (χ0n) is 13.9. The fourth-order valence-electron chi connectivity index (χ4n) is 2.34. The molecule has 1 heterocycles. The van der Waals surface area contributed by atoms with Crippen LogP contribution in [0, 0.1) is 11.8 Å². The Labute approximate surface area is 127 Å². The number of aryl methyl sites for hydroxylation is 1. The van der Waals surface area contributed by atoms with Gasteiger partial charge >= 0.3 is 0 Å². The van der Waals surface area contributed by atoms with E-state index < -0.39 is 0 Å². The summed E-state index contributed by atoms with van der Waals surface area (Å²) in [7, 11) is 2.02. The topological polar surface area (TPSA) is 36.3 Å². The molecule has 0 aliphatic heterocycles. The predicted octanol–water partition coefficient (Wildman–Crippen LogP) is 3.97. The average molecular weight is 289 g/mol. The van der Waals surface area contributed by atoms with E-state index in [2.05, 4.69) is 31.8 Å². The van der Waals surface area contributed by atoms with Crippen molar-refractivity contribution in [3.63, 3.8) is 0 Å². The van der Waals surface area contributed by atoms with Crippen molar-refractivity contribution in [2.45, 2.75) is 34.6 Å². The lowest BCUT2D eigenvalue weighted by molar-refractivity contribution is 0.335. The molecule has 4 nitrogen and oxygen atoms in total. The van der Waals surface area contributed by atoms with Crippen molar-refractivity contribution < 1.29 is 9.47 Å². The van der Waals surface area contributed by atoms with Gasteiger partial charge in [0, 0.05) is 13.5 Å². The summed E-state index contributed by atoms with van der Waals surface area (Å²) in [5.74, 6) is 2.59. The lowest BCUT2D eigenvalue weighted by atomic mass is 9.92. The van der Waals surface area contributed by atoms with Crippen molar-refractivity contribution in [2.75, 3.05) is 13.2 Å². The summed E-state index contributed by atoms with van der Waals surface area (Å²) in [4.78, 5) is 4.76. The number of benzene rings is 1. The number of nitrogens with zero attached hydrogens (tertiary/aromatic N) is 2. The molecule has 115 valence electrons. The molecule has 0 aliphatic carbocycles. The van der Waals surface area contributed by atoms with Gasteiger partial charge in [-0.2, -0.15) is 0 Å². The normalized spacial score (nSPS) is 11.9. The van der Waals surface area contributed by atoms with Gasteiger partial charge in [-0.1, -0.05) is 20.8 Å². The van der Waals surface area contributed by atoms with Gasteiger partial charge in [0.15, 0.2) is 0 Å². The van der Waals surface area contributed by atoms with Crippen LogP contribution in [0.5, 0.6) is 11.5 Å². The van der Waals surface area contributed by atoms with E-state index in [4.69, 9.17) is 14.5 Å². The van der Waals surface area contributed by atoms with Crippen LogP contribution >= 0.6 is 0 Å². The zero-order chi connectivity index (χ0) is 15.6. The molecule has 1 radical (unpaired) electrons. The lowest BCUT2D eigenvalue weighted by Crippen LogP contribution is -2.10. The summed E-state index contributed by atoms with van der Waals surface area (Å²) < 4.78 is 13.5. The Hall–Kier alpha value is -1.71. The number of fused-ring (bicyclic) bond motifs is 1. The van der Waals surface area contributed by atoms with Gasteiger partial charge < -0.3 is 14.0 Å². The van der Waals surface area contributed by atoms with Gasteiger partial charge in [-0.05, 0) is 31.4 Å². The van der Waals surface area contributed by atoms with E-state index in [1.165, 1.54) is 0 Å². The molecule has 0 amide bonds. The largest absolute Gasteiger partial charge is 0.492 e. The van der Waals surface area contributed by atoms with Crippen LogP contribution < -0.4 is 9.47 Å². The third-order valence-electron chi connectivity index (χ3n) is 3.14. The molecular formula is C17H25N2O2. The fraction of sp³-hybridized carbons (Fsp3) is 0.529. The highest BCUT2D eigenvalue weighted by molar-refractivity contribution is 5.88. The Kier molecular flexibility index (Phi) is 4.45. The molecule has 2 aromatic rings. The van der Waals surface area contributed by atoms with Crippen molar-refractivity contribution >= 4 is 11.0 Å². The van der Waals surface area contributed by atoms with Crippen LogP contribution in [-0.4, -0.2) is 22.8 Å². The predicted molar refractivity (Wildman–Crippen MR) is 85.9 cm³/mol. The van der Waals surface area contributed by atoms with E-state index >= 15 is 0 Å². The van der Waals surface area contributed by atoms with Crippen molar-refractivity contribution in [2.24, 2.45) is 12.5 Å². The van der Waals surface area contributed by atoms with E-state index in [-0.39, 0.29) is 5.41 Å². The highest BCUT2D eigenvalue weighted by Crippen LogP contribution is 2.35. The quantitative estimate of drug-likeness (QED) is 0.835. The van der Waals surface area contributed by atoms with Crippen LogP contribution in [0.2, 0.25) is 0 Å². The van der Waals surface area contributed by atoms with Crippen LogP contribution in [0.1, 0.15) is 40.4 Å². The van der Waals surface area contributed by atoms with Crippen molar-refractivity contribution in [1.82, 2.24) is 9.55 Å². The molecule has 0 spiro atoms. The highest BCUT2D eigenvalue weighted by Gasteiger charge is 2.21. The summed E-state index contributed by atoms with van der Waals surface area (Å²) in [6.07, 6.45) is 2.17. The first-order valence-electron chi connectivity index (χ1n) is 7.48. The number of hydrogen-bond donors (Lipinski definition) is 0. The minimum absolute atomic E-state index is 0.0622. The van der Waals surface area contributed by atoms with Crippen LogP contribution in [-0.2, 0) is 7.05 Å². The first-order chi connectivity index (χ1) is 9.87. The summed E-state index contributed by atoms with van der Waals surface area (Å²) in [5.41, 5.74) is 1.91. The maximum Gasteiger partial charge on any atom is 0.147 e. The maximum atomic E-state index is 5.75. The number of aromatic nitrogens is 2. The maximum absolute atomic E-state index is 5.75. The molecule has 1 aromatic heterocycles. The molecule has 0 N–H and O–H groups in total. The summed E-state index contributed by atoms with van der Waals surface area (Å²) in [6.45, 7) is 11.7. The SMILES string of the molecule is CCOc1ccc(OCC)c2c1nc([CH]C(C)(C)C)n2C. The smallest absolute Gasteiger partial charge is 0.147 e.